The molecule has 2 aliphatic rings. The number of thioether (sulfide) groups is 1. The zero-order valence-corrected chi connectivity index (χ0v) is 15.5. The summed E-state index contributed by atoms with van der Waals surface area (Å²) in [5, 5.41) is 0.0502. The van der Waals surface area contributed by atoms with E-state index in [9.17, 15) is 4.79 Å². The first-order valence-corrected chi connectivity index (χ1v) is 9.95. The topological polar surface area (TPSA) is 26.3 Å². The predicted octanol–water partition coefficient (Wildman–Crippen LogP) is 5.82. The molecule has 122 valence electrons. The van der Waals surface area contributed by atoms with Crippen LogP contribution in [0.5, 0.6) is 5.75 Å². The van der Waals surface area contributed by atoms with E-state index in [0.717, 1.165) is 45.7 Å². The van der Waals surface area contributed by atoms with Crippen LogP contribution in [0, 0.1) is 0 Å². The first-order chi connectivity index (χ1) is 11.7. The molecule has 1 heterocycles. The molecule has 0 amide bonds. The monoisotopic (exact) mass is 400 g/mol. The Morgan fingerprint density at radius 2 is 1.96 bits per heavy atom. The molecule has 1 unspecified atom stereocenters. The Balaban J connectivity index is 1.71. The van der Waals surface area contributed by atoms with Gasteiger partial charge >= 0.3 is 0 Å². The Morgan fingerprint density at radius 3 is 2.79 bits per heavy atom. The summed E-state index contributed by atoms with van der Waals surface area (Å²) in [5.74, 6) is 2.89. The van der Waals surface area contributed by atoms with Gasteiger partial charge in [-0.1, -0.05) is 46.3 Å². The Kier molecular flexibility index (Phi) is 4.51. The minimum absolute atomic E-state index is 0.0502. The van der Waals surface area contributed by atoms with E-state index in [0.29, 0.717) is 6.42 Å². The van der Waals surface area contributed by atoms with Gasteiger partial charge in [-0.05, 0) is 30.2 Å². The molecular weight excluding hydrogens is 384 g/mol. The molecule has 0 saturated carbocycles. The van der Waals surface area contributed by atoms with Gasteiger partial charge in [0.15, 0.2) is 5.78 Å². The third-order valence-corrected chi connectivity index (χ3v) is 6.23. The molecule has 1 aliphatic carbocycles. The second-order valence-electron chi connectivity index (χ2n) is 6.07. The van der Waals surface area contributed by atoms with Gasteiger partial charge < -0.3 is 4.74 Å². The number of benzene rings is 2. The largest absolute Gasteiger partial charge is 0.461 e. The van der Waals surface area contributed by atoms with E-state index in [1.54, 1.807) is 0 Å². The number of ether oxygens (including phenoxy) is 1. The van der Waals surface area contributed by atoms with Gasteiger partial charge in [-0.2, -0.15) is 0 Å². The quantitative estimate of drug-likeness (QED) is 0.648. The molecule has 0 spiro atoms. The molecule has 0 saturated heterocycles. The number of carbonyl (C=O) groups excluding carboxylic acids is 1. The lowest BCUT2D eigenvalue weighted by atomic mass is 9.89. The number of allylic oxidation sites excluding steroid dienone is 1. The summed E-state index contributed by atoms with van der Waals surface area (Å²) in [7, 11) is 0. The van der Waals surface area contributed by atoms with Crippen LogP contribution in [0.15, 0.2) is 64.3 Å². The van der Waals surface area contributed by atoms with E-state index < -0.39 is 0 Å². The van der Waals surface area contributed by atoms with Crippen molar-refractivity contribution in [1.82, 2.24) is 0 Å². The summed E-state index contributed by atoms with van der Waals surface area (Å²) in [6, 6.07) is 16.5. The maximum absolute atomic E-state index is 12.6. The zero-order valence-electron chi connectivity index (χ0n) is 13.1. The maximum atomic E-state index is 12.6. The maximum Gasteiger partial charge on any atom is 0.163 e. The number of fused-ring (bicyclic) bond motifs is 1. The van der Waals surface area contributed by atoms with Crippen molar-refractivity contribution in [3.63, 3.8) is 0 Å². The van der Waals surface area contributed by atoms with E-state index in [1.807, 2.05) is 30.0 Å². The second kappa shape index (κ2) is 6.77. The van der Waals surface area contributed by atoms with Crippen molar-refractivity contribution < 1.29 is 9.53 Å². The predicted molar refractivity (Wildman–Crippen MR) is 101 cm³/mol. The molecule has 0 radical (unpaired) electrons. The number of hydrogen-bond donors (Lipinski definition) is 0. The summed E-state index contributed by atoms with van der Waals surface area (Å²) in [6.07, 6.45) is 2.38. The van der Waals surface area contributed by atoms with Crippen LogP contribution in [-0.4, -0.2) is 5.78 Å². The van der Waals surface area contributed by atoms with E-state index in [1.165, 1.54) is 5.56 Å². The smallest absolute Gasteiger partial charge is 0.163 e. The molecule has 4 heteroatoms. The average Bonchev–Trinajstić information content (AvgIpc) is 2.60. The van der Waals surface area contributed by atoms with Gasteiger partial charge in [0.25, 0.3) is 0 Å². The van der Waals surface area contributed by atoms with Crippen molar-refractivity contribution >= 4 is 33.5 Å². The van der Waals surface area contributed by atoms with Crippen molar-refractivity contribution in [2.75, 3.05) is 0 Å². The van der Waals surface area contributed by atoms with Crippen molar-refractivity contribution in [2.24, 2.45) is 0 Å². The fourth-order valence-electron chi connectivity index (χ4n) is 3.27. The van der Waals surface area contributed by atoms with Gasteiger partial charge in [-0.25, -0.2) is 0 Å². The molecule has 1 atom stereocenters. The molecule has 2 aromatic carbocycles. The van der Waals surface area contributed by atoms with Crippen molar-refractivity contribution in [2.45, 2.75) is 30.3 Å². The van der Waals surface area contributed by atoms with Gasteiger partial charge in [0, 0.05) is 28.6 Å². The molecule has 0 aromatic heterocycles. The van der Waals surface area contributed by atoms with E-state index >= 15 is 0 Å². The Labute approximate surface area is 154 Å². The molecule has 2 nitrogen and oxygen atoms in total. The van der Waals surface area contributed by atoms with Crippen LogP contribution in [0.1, 0.15) is 35.6 Å². The molecule has 2 aromatic rings. The standard InChI is InChI=1S/C20H17BrO2S/c21-14-9-10-17-15(11-14)20(24-12-13-5-2-1-3-6-13)19-16(22)7-4-8-18(19)23-17/h1-3,5-6,9-11,20H,4,7-8,12H2. The molecule has 0 fully saturated rings. The van der Waals surface area contributed by atoms with Crippen molar-refractivity contribution in [3.05, 3.63) is 75.5 Å². The van der Waals surface area contributed by atoms with Gasteiger partial charge in [0.05, 0.1) is 10.8 Å². The summed E-state index contributed by atoms with van der Waals surface area (Å²) < 4.78 is 7.08. The van der Waals surface area contributed by atoms with Crippen LogP contribution in [0.2, 0.25) is 0 Å². The van der Waals surface area contributed by atoms with Crippen molar-refractivity contribution in [3.8, 4) is 5.75 Å². The Hall–Kier alpha value is -1.52. The molecule has 0 N–H and O–H groups in total. The van der Waals surface area contributed by atoms with Crippen LogP contribution in [0.4, 0.5) is 0 Å². The fraction of sp³-hybridized carbons (Fsp3) is 0.250. The molecular formula is C20H17BrO2S. The number of ketones is 1. The van der Waals surface area contributed by atoms with E-state index in [4.69, 9.17) is 4.74 Å². The van der Waals surface area contributed by atoms with Crippen LogP contribution < -0.4 is 4.74 Å². The number of halogens is 1. The highest BCUT2D eigenvalue weighted by atomic mass is 79.9. The summed E-state index contributed by atoms with van der Waals surface area (Å²) in [5.41, 5.74) is 3.25. The molecule has 4 rings (SSSR count). The number of rotatable bonds is 3. The Bertz CT molecular complexity index is 814. The minimum atomic E-state index is 0.0502. The number of hydrogen-bond acceptors (Lipinski definition) is 3. The van der Waals surface area contributed by atoms with Crippen molar-refractivity contribution in [1.29, 1.82) is 0 Å². The highest BCUT2D eigenvalue weighted by molar-refractivity contribution is 9.10. The minimum Gasteiger partial charge on any atom is -0.461 e. The number of carbonyl (C=O) groups is 1. The lowest BCUT2D eigenvalue weighted by Gasteiger charge is -2.32. The lowest BCUT2D eigenvalue weighted by Crippen LogP contribution is -2.23. The summed E-state index contributed by atoms with van der Waals surface area (Å²) in [6.45, 7) is 0. The second-order valence-corrected chi connectivity index (χ2v) is 8.08. The van der Waals surface area contributed by atoms with E-state index in [-0.39, 0.29) is 11.0 Å². The SMILES string of the molecule is O=C1CCCC2=C1C(SCc1ccccc1)c1cc(Br)ccc1O2. The molecule has 0 bridgehead atoms. The summed E-state index contributed by atoms with van der Waals surface area (Å²) >= 11 is 5.36. The highest BCUT2D eigenvalue weighted by Crippen LogP contribution is 2.50. The lowest BCUT2D eigenvalue weighted by molar-refractivity contribution is -0.116. The van der Waals surface area contributed by atoms with Gasteiger partial charge in [0.1, 0.15) is 11.5 Å². The molecule has 24 heavy (non-hydrogen) atoms. The highest BCUT2D eigenvalue weighted by Gasteiger charge is 2.36. The zero-order chi connectivity index (χ0) is 16.5. The third kappa shape index (κ3) is 3.05. The van der Waals surface area contributed by atoms with E-state index in [2.05, 4.69) is 46.3 Å². The first-order valence-electron chi connectivity index (χ1n) is 8.11. The first kappa shape index (κ1) is 16.0. The van der Waals surface area contributed by atoms with Crippen LogP contribution in [0.3, 0.4) is 0 Å². The summed E-state index contributed by atoms with van der Waals surface area (Å²) in [4.78, 5) is 12.6. The average molecular weight is 401 g/mol. The van der Waals surface area contributed by atoms with Gasteiger partial charge in [-0.3, -0.25) is 4.79 Å². The third-order valence-electron chi connectivity index (χ3n) is 4.42. The van der Waals surface area contributed by atoms with Crippen LogP contribution in [0.25, 0.3) is 0 Å². The normalized spacial score (nSPS) is 19.5. The van der Waals surface area contributed by atoms with Gasteiger partial charge in [-0.15, -0.1) is 11.8 Å². The molecule has 1 aliphatic heterocycles. The van der Waals surface area contributed by atoms with Gasteiger partial charge in [0.2, 0.25) is 0 Å². The Morgan fingerprint density at radius 1 is 1.12 bits per heavy atom. The number of Topliss-reactive ketones (excluding diaryl/α,β-unsaturated/α-hetero) is 1. The van der Waals surface area contributed by atoms with Crippen LogP contribution in [-0.2, 0) is 10.5 Å². The van der Waals surface area contributed by atoms with Crippen LogP contribution >= 0.6 is 27.7 Å². The fourth-order valence-corrected chi connectivity index (χ4v) is 4.99.